The van der Waals surface area contributed by atoms with Gasteiger partial charge in [-0.2, -0.15) is 0 Å². The molecule has 1 fully saturated rings. The lowest BCUT2D eigenvalue weighted by molar-refractivity contribution is 0.866. The summed E-state index contributed by atoms with van der Waals surface area (Å²) >= 11 is 2.42. The second-order valence-corrected chi connectivity index (χ2v) is 5.33. The predicted molar refractivity (Wildman–Crippen MR) is 70.1 cm³/mol. The number of anilines is 1. The van der Waals surface area contributed by atoms with E-state index in [4.69, 9.17) is 0 Å². The van der Waals surface area contributed by atoms with Gasteiger partial charge >= 0.3 is 0 Å². The van der Waals surface area contributed by atoms with Crippen LogP contribution in [0, 0.1) is 0 Å². The second kappa shape index (κ2) is 4.09. The molecule has 0 radical (unpaired) electrons. The van der Waals surface area contributed by atoms with E-state index in [2.05, 4.69) is 64.1 Å². The van der Waals surface area contributed by atoms with E-state index in [1.165, 1.54) is 24.1 Å². The highest BCUT2D eigenvalue weighted by Gasteiger charge is 2.27. The lowest BCUT2D eigenvalue weighted by Gasteiger charge is -2.16. The molecule has 2 heteroatoms. The molecule has 1 aromatic rings. The van der Waals surface area contributed by atoms with Crippen LogP contribution < -0.4 is 3.11 Å². The molecule has 1 saturated carbocycles. The molecular weight excluding hydrogens is 285 g/mol. The zero-order valence-corrected chi connectivity index (χ0v) is 10.9. The molecule has 0 spiro atoms. The summed E-state index contributed by atoms with van der Waals surface area (Å²) in [6, 6.07) is 9.75. The maximum absolute atomic E-state index is 2.42. The summed E-state index contributed by atoms with van der Waals surface area (Å²) in [5.41, 5.74) is 2.77. The van der Waals surface area contributed by atoms with Crippen LogP contribution in [0.2, 0.25) is 0 Å². The van der Waals surface area contributed by atoms with Gasteiger partial charge in [-0.3, -0.25) is 0 Å². The third kappa shape index (κ3) is 2.22. The van der Waals surface area contributed by atoms with Crippen molar-refractivity contribution in [2.75, 3.05) is 3.11 Å². The Morgan fingerprint density at radius 2 is 1.79 bits per heavy atom. The Hall–Kier alpha value is -0.250. The molecule has 0 N–H and O–H groups in total. The smallest absolute Gasteiger partial charge is 0.0594 e. The predicted octanol–water partition coefficient (Wildman–Crippen LogP) is 4.13. The molecule has 0 aliphatic heterocycles. The summed E-state index contributed by atoms with van der Waals surface area (Å²) in [6.45, 7) is 4.47. The minimum absolute atomic E-state index is 0.632. The van der Waals surface area contributed by atoms with Gasteiger partial charge in [-0.15, -0.1) is 0 Å². The molecule has 14 heavy (non-hydrogen) atoms. The molecule has 0 heterocycles. The number of benzene rings is 1. The molecule has 0 atom stereocenters. The van der Waals surface area contributed by atoms with Crippen molar-refractivity contribution in [3.63, 3.8) is 0 Å². The van der Waals surface area contributed by atoms with E-state index < -0.39 is 0 Å². The SMILES string of the molecule is CC(C)c1ccc(N(I)C2CC2)cc1. The summed E-state index contributed by atoms with van der Waals surface area (Å²) in [6.07, 6.45) is 2.71. The van der Waals surface area contributed by atoms with Gasteiger partial charge in [-0.1, -0.05) is 26.0 Å². The second-order valence-electron chi connectivity index (χ2n) is 4.29. The highest BCUT2D eigenvalue weighted by molar-refractivity contribution is 14.1. The van der Waals surface area contributed by atoms with Gasteiger partial charge in [-0.25, -0.2) is 0 Å². The third-order valence-corrected chi connectivity index (χ3v) is 4.02. The Balaban J connectivity index is 2.12. The summed E-state index contributed by atoms with van der Waals surface area (Å²) in [7, 11) is 0. The normalized spacial score (nSPS) is 16.0. The molecular formula is C12H16IN. The van der Waals surface area contributed by atoms with Gasteiger partial charge in [0.2, 0.25) is 0 Å². The molecule has 76 valence electrons. The summed E-state index contributed by atoms with van der Waals surface area (Å²) in [4.78, 5) is 0. The van der Waals surface area contributed by atoms with Gasteiger partial charge in [-0.05, 0) is 36.5 Å². The average molecular weight is 301 g/mol. The molecule has 1 aromatic carbocycles. The van der Waals surface area contributed by atoms with E-state index in [9.17, 15) is 0 Å². The van der Waals surface area contributed by atoms with Gasteiger partial charge < -0.3 is 3.11 Å². The Morgan fingerprint density at radius 3 is 2.21 bits per heavy atom. The molecule has 0 aromatic heterocycles. The van der Waals surface area contributed by atoms with Crippen LogP contribution in [0.4, 0.5) is 5.69 Å². The molecule has 0 amide bonds. The number of rotatable bonds is 3. The summed E-state index contributed by atoms with van der Waals surface area (Å²) in [5.74, 6) is 0.632. The number of nitrogens with zero attached hydrogens (tertiary/aromatic N) is 1. The van der Waals surface area contributed by atoms with Crippen molar-refractivity contribution in [2.24, 2.45) is 0 Å². The van der Waals surface area contributed by atoms with Crippen LogP contribution in [0.15, 0.2) is 24.3 Å². The number of hydrogen-bond donors (Lipinski definition) is 0. The van der Waals surface area contributed by atoms with Crippen LogP contribution in [0.5, 0.6) is 0 Å². The van der Waals surface area contributed by atoms with Gasteiger partial charge in [0.1, 0.15) is 0 Å². The van der Waals surface area contributed by atoms with E-state index in [0.29, 0.717) is 5.92 Å². The standard InChI is InChI=1S/C12H16IN/c1-9(2)10-3-5-11(6-4-10)14(13)12-7-8-12/h3-6,9,12H,7-8H2,1-2H3. The lowest BCUT2D eigenvalue weighted by atomic mass is 10.0. The molecule has 0 unspecified atom stereocenters. The van der Waals surface area contributed by atoms with Gasteiger partial charge in [0.15, 0.2) is 0 Å². The first-order chi connectivity index (χ1) is 6.68. The van der Waals surface area contributed by atoms with Crippen molar-refractivity contribution in [3.05, 3.63) is 29.8 Å². The fourth-order valence-corrected chi connectivity index (χ4v) is 2.39. The Bertz CT molecular complexity index is 301. The Morgan fingerprint density at radius 1 is 1.21 bits per heavy atom. The maximum Gasteiger partial charge on any atom is 0.0594 e. The van der Waals surface area contributed by atoms with Crippen molar-refractivity contribution in [2.45, 2.75) is 38.6 Å². The average Bonchev–Trinajstić information content (AvgIpc) is 3.00. The first-order valence-electron chi connectivity index (χ1n) is 5.23. The van der Waals surface area contributed by atoms with Crippen molar-refractivity contribution in [1.29, 1.82) is 0 Å². The van der Waals surface area contributed by atoms with Crippen LogP contribution in [0.3, 0.4) is 0 Å². The molecule has 0 saturated heterocycles. The van der Waals surface area contributed by atoms with Gasteiger partial charge in [0.05, 0.1) is 22.9 Å². The van der Waals surface area contributed by atoms with Crippen LogP contribution in [-0.2, 0) is 0 Å². The number of hydrogen-bond acceptors (Lipinski definition) is 1. The van der Waals surface area contributed by atoms with Crippen molar-refractivity contribution >= 4 is 28.6 Å². The Labute approximate surface area is 100.0 Å². The molecule has 2 rings (SSSR count). The van der Waals surface area contributed by atoms with Crippen molar-refractivity contribution in [3.8, 4) is 0 Å². The van der Waals surface area contributed by atoms with E-state index in [0.717, 1.165) is 6.04 Å². The van der Waals surface area contributed by atoms with E-state index in [1.807, 2.05) is 0 Å². The fraction of sp³-hybridized carbons (Fsp3) is 0.500. The van der Waals surface area contributed by atoms with Crippen LogP contribution in [0.1, 0.15) is 38.2 Å². The van der Waals surface area contributed by atoms with Crippen LogP contribution in [-0.4, -0.2) is 6.04 Å². The zero-order chi connectivity index (χ0) is 10.1. The van der Waals surface area contributed by atoms with E-state index >= 15 is 0 Å². The minimum atomic E-state index is 0.632. The van der Waals surface area contributed by atoms with Crippen molar-refractivity contribution in [1.82, 2.24) is 0 Å². The first kappa shape index (κ1) is 10.3. The molecule has 1 aliphatic carbocycles. The van der Waals surface area contributed by atoms with Crippen molar-refractivity contribution < 1.29 is 0 Å². The monoisotopic (exact) mass is 301 g/mol. The summed E-state index contributed by atoms with van der Waals surface area (Å²) < 4.78 is 2.36. The van der Waals surface area contributed by atoms with Crippen LogP contribution in [0.25, 0.3) is 0 Å². The topological polar surface area (TPSA) is 3.24 Å². The minimum Gasteiger partial charge on any atom is -0.312 e. The fourth-order valence-electron chi connectivity index (χ4n) is 1.51. The largest absolute Gasteiger partial charge is 0.312 e. The van der Waals surface area contributed by atoms with Crippen LogP contribution >= 0.6 is 22.9 Å². The Kier molecular flexibility index (Phi) is 3.00. The zero-order valence-electron chi connectivity index (χ0n) is 8.70. The first-order valence-corrected chi connectivity index (χ1v) is 6.20. The third-order valence-electron chi connectivity index (χ3n) is 2.67. The highest BCUT2D eigenvalue weighted by atomic mass is 127. The summed E-state index contributed by atoms with van der Waals surface area (Å²) in [5, 5.41) is 0. The van der Waals surface area contributed by atoms with E-state index in [-0.39, 0.29) is 0 Å². The van der Waals surface area contributed by atoms with Gasteiger partial charge in [0.25, 0.3) is 0 Å². The molecule has 1 nitrogen and oxygen atoms in total. The molecule has 1 aliphatic rings. The quantitative estimate of drug-likeness (QED) is 0.599. The number of halogens is 1. The van der Waals surface area contributed by atoms with E-state index in [1.54, 1.807) is 0 Å². The maximum atomic E-state index is 2.42. The highest BCUT2D eigenvalue weighted by Crippen LogP contribution is 2.34. The van der Waals surface area contributed by atoms with Gasteiger partial charge in [0, 0.05) is 11.7 Å². The molecule has 0 bridgehead atoms. The lowest BCUT2D eigenvalue weighted by Crippen LogP contribution is -2.11.